The second-order valence-electron chi connectivity index (χ2n) is 5.48. The minimum Gasteiger partial charge on any atom is -0.366 e. The quantitative estimate of drug-likeness (QED) is 0.912. The van der Waals surface area contributed by atoms with Crippen LogP contribution in [-0.4, -0.2) is 37.1 Å². The highest BCUT2D eigenvalue weighted by Crippen LogP contribution is 2.20. The van der Waals surface area contributed by atoms with Gasteiger partial charge in [-0.05, 0) is 24.3 Å². The smallest absolute Gasteiger partial charge is 0.321 e. The number of carbonyl (C=O) groups excluding carboxylic acids is 1. The second kappa shape index (κ2) is 6.82. The Balaban J connectivity index is 1.59. The molecule has 0 bridgehead atoms. The molecule has 1 aliphatic heterocycles. The first-order valence-corrected chi connectivity index (χ1v) is 7.55. The van der Waals surface area contributed by atoms with E-state index >= 15 is 0 Å². The molecule has 24 heavy (non-hydrogen) atoms. The van der Waals surface area contributed by atoms with Crippen LogP contribution >= 0.6 is 0 Å². The number of nitrogens with zero attached hydrogens (tertiary/aromatic N) is 2. The molecular formula is C17H16F3N3O. The Hall–Kier alpha value is -2.70. The first-order chi connectivity index (χ1) is 11.5. The molecule has 2 aromatic carbocycles. The lowest BCUT2D eigenvalue weighted by Crippen LogP contribution is -2.50. The monoisotopic (exact) mass is 335 g/mol. The van der Waals surface area contributed by atoms with Crippen LogP contribution in [0.2, 0.25) is 0 Å². The fourth-order valence-electron chi connectivity index (χ4n) is 2.64. The zero-order chi connectivity index (χ0) is 17.1. The maximum Gasteiger partial charge on any atom is 0.321 e. The van der Waals surface area contributed by atoms with Gasteiger partial charge in [-0.3, -0.25) is 0 Å². The molecule has 7 heteroatoms. The van der Waals surface area contributed by atoms with Crippen molar-refractivity contribution in [3.63, 3.8) is 0 Å². The van der Waals surface area contributed by atoms with E-state index in [1.807, 2.05) is 4.90 Å². The van der Waals surface area contributed by atoms with Gasteiger partial charge in [-0.1, -0.05) is 12.1 Å². The number of benzene rings is 2. The Bertz CT molecular complexity index is 746. The summed E-state index contributed by atoms with van der Waals surface area (Å²) in [4.78, 5) is 15.6. The highest BCUT2D eigenvalue weighted by molar-refractivity contribution is 5.89. The molecule has 0 radical (unpaired) electrons. The van der Waals surface area contributed by atoms with E-state index in [-0.39, 0.29) is 11.5 Å². The van der Waals surface area contributed by atoms with Crippen molar-refractivity contribution in [3.05, 3.63) is 59.9 Å². The topological polar surface area (TPSA) is 35.6 Å². The van der Waals surface area contributed by atoms with Gasteiger partial charge >= 0.3 is 6.03 Å². The summed E-state index contributed by atoms with van der Waals surface area (Å²) in [7, 11) is 0. The number of hydrogen-bond acceptors (Lipinski definition) is 2. The molecule has 0 spiro atoms. The van der Waals surface area contributed by atoms with Gasteiger partial charge in [-0.2, -0.15) is 0 Å². The van der Waals surface area contributed by atoms with E-state index in [9.17, 15) is 18.0 Å². The molecule has 0 aliphatic carbocycles. The average molecular weight is 335 g/mol. The van der Waals surface area contributed by atoms with E-state index < -0.39 is 17.7 Å². The van der Waals surface area contributed by atoms with Crippen molar-refractivity contribution in [2.45, 2.75) is 0 Å². The van der Waals surface area contributed by atoms with Gasteiger partial charge in [0.1, 0.15) is 5.82 Å². The van der Waals surface area contributed by atoms with E-state index in [2.05, 4.69) is 5.32 Å². The average Bonchev–Trinajstić information content (AvgIpc) is 2.59. The van der Waals surface area contributed by atoms with Crippen molar-refractivity contribution in [2.24, 2.45) is 0 Å². The zero-order valence-corrected chi connectivity index (χ0v) is 12.8. The van der Waals surface area contributed by atoms with Crippen LogP contribution in [0.5, 0.6) is 0 Å². The van der Waals surface area contributed by atoms with Gasteiger partial charge in [0.15, 0.2) is 11.6 Å². The molecule has 1 heterocycles. The first-order valence-electron chi connectivity index (χ1n) is 7.55. The molecular weight excluding hydrogens is 319 g/mol. The number of para-hydroxylation sites is 1. The zero-order valence-electron chi connectivity index (χ0n) is 12.8. The number of halogens is 3. The van der Waals surface area contributed by atoms with Crippen molar-refractivity contribution < 1.29 is 18.0 Å². The molecule has 1 fully saturated rings. The van der Waals surface area contributed by atoms with E-state index in [4.69, 9.17) is 0 Å². The van der Waals surface area contributed by atoms with Gasteiger partial charge in [0, 0.05) is 37.9 Å². The Labute approximate surface area is 137 Å². The van der Waals surface area contributed by atoms with Crippen LogP contribution in [0, 0.1) is 17.5 Å². The predicted molar refractivity (Wildman–Crippen MR) is 85.6 cm³/mol. The van der Waals surface area contributed by atoms with Gasteiger partial charge in [0.05, 0.1) is 5.69 Å². The number of amides is 2. The van der Waals surface area contributed by atoms with Crippen LogP contribution in [-0.2, 0) is 0 Å². The van der Waals surface area contributed by atoms with Crippen LogP contribution in [0.4, 0.5) is 29.3 Å². The number of carbonyl (C=O) groups is 1. The highest BCUT2D eigenvalue weighted by atomic mass is 19.2. The normalized spacial score (nSPS) is 14.6. The maximum absolute atomic E-state index is 13.8. The summed E-state index contributed by atoms with van der Waals surface area (Å²) in [5.41, 5.74) is 0.702. The van der Waals surface area contributed by atoms with Crippen LogP contribution in [0.1, 0.15) is 0 Å². The fourth-order valence-corrected chi connectivity index (χ4v) is 2.64. The van der Waals surface area contributed by atoms with Crippen LogP contribution in [0.15, 0.2) is 42.5 Å². The summed E-state index contributed by atoms with van der Waals surface area (Å²) in [5, 5.41) is 2.53. The van der Waals surface area contributed by atoms with Gasteiger partial charge in [-0.15, -0.1) is 0 Å². The lowest BCUT2D eigenvalue weighted by Gasteiger charge is -2.36. The van der Waals surface area contributed by atoms with E-state index in [0.29, 0.717) is 31.9 Å². The van der Waals surface area contributed by atoms with Crippen molar-refractivity contribution in [1.82, 2.24) is 4.90 Å². The van der Waals surface area contributed by atoms with E-state index in [1.54, 1.807) is 23.1 Å². The van der Waals surface area contributed by atoms with Gasteiger partial charge < -0.3 is 15.1 Å². The number of urea groups is 1. The van der Waals surface area contributed by atoms with E-state index in [1.165, 1.54) is 12.1 Å². The summed E-state index contributed by atoms with van der Waals surface area (Å²) < 4.78 is 39.8. The standard InChI is InChI=1S/C17H16F3N3O/c18-13-6-5-12(11-15(13)20)21-17(24)23-9-7-22(8-10-23)16-4-2-1-3-14(16)19/h1-6,11H,7-10H2,(H,21,24). The lowest BCUT2D eigenvalue weighted by atomic mass is 10.2. The molecule has 1 aliphatic rings. The molecule has 2 aromatic rings. The highest BCUT2D eigenvalue weighted by Gasteiger charge is 2.22. The van der Waals surface area contributed by atoms with Crippen molar-refractivity contribution >= 4 is 17.4 Å². The minimum absolute atomic E-state index is 0.190. The third kappa shape index (κ3) is 3.45. The maximum atomic E-state index is 13.8. The Morgan fingerprint density at radius 1 is 0.875 bits per heavy atom. The number of rotatable bonds is 2. The third-order valence-electron chi connectivity index (χ3n) is 3.93. The summed E-state index contributed by atoms with van der Waals surface area (Å²) in [6, 6.07) is 9.29. The SMILES string of the molecule is O=C(Nc1ccc(F)c(F)c1)N1CCN(c2ccccc2F)CC1. The molecule has 0 unspecified atom stereocenters. The first kappa shape index (κ1) is 16.2. The molecule has 126 valence electrons. The van der Waals surface area contributed by atoms with Gasteiger partial charge in [-0.25, -0.2) is 18.0 Å². The van der Waals surface area contributed by atoms with Crippen molar-refractivity contribution in [1.29, 1.82) is 0 Å². The minimum atomic E-state index is -1.02. The molecule has 3 rings (SSSR count). The summed E-state index contributed by atoms with van der Waals surface area (Å²) in [5.74, 6) is -2.28. The Kier molecular flexibility index (Phi) is 4.59. The van der Waals surface area contributed by atoms with Crippen molar-refractivity contribution in [3.8, 4) is 0 Å². The molecule has 0 atom stereocenters. The fraction of sp³-hybridized carbons (Fsp3) is 0.235. The third-order valence-corrected chi connectivity index (χ3v) is 3.93. The van der Waals surface area contributed by atoms with Gasteiger partial charge in [0.25, 0.3) is 0 Å². The second-order valence-corrected chi connectivity index (χ2v) is 5.48. The van der Waals surface area contributed by atoms with E-state index in [0.717, 1.165) is 12.1 Å². The number of hydrogen-bond donors (Lipinski definition) is 1. The number of nitrogens with one attached hydrogen (secondary N) is 1. The largest absolute Gasteiger partial charge is 0.366 e. The number of piperazine rings is 1. The van der Waals surface area contributed by atoms with Gasteiger partial charge in [0.2, 0.25) is 0 Å². The Morgan fingerprint density at radius 3 is 2.25 bits per heavy atom. The molecule has 0 aromatic heterocycles. The molecule has 2 amide bonds. The summed E-state index contributed by atoms with van der Waals surface area (Å²) >= 11 is 0. The number of anilines is 2. The summed E-state index contributed by atoms with van der Waals surface area (Å²) in [6.07, 6.45) is 0. The van der Waals surface area contributed by atoms with Crippen molar-refractivity contribution in [2.75, 3.05) is 36.4 Å². The van der Waals surface area contributed by atoms with Crippen LogP contribution in [0.25, 0.3) is 0 Å². The molecule has 1 N–H and O–H groups in total. The predicted octanol–water partition coefficient (Wildman–Crippen LogP) is 3.46. The molecule has 0 saturated carbocycles. The molecule has 4 nitrogen and oxygen atoms in total. The van der Waals surface area contributed by atoms with Crippen LogP contribution in [0.3, 0.4) is 0 Å². The summed E-state index contributed by atoms with van der Waals surface area (Å²) in [6.45, 7) is 1.80. The van der Waals surface area contributed by atoms with Crippen LogP contribution < -0.4 is 10.2 Å². The Morgan fingerprint density at radius 2 is 1.58 bits per heavy atom. The molecule has 1 saturated heterocycles. The lowest BCUT2D eigenvalue weighted by molar-refractivity contribution is 0.208.